The molecule has 3 aromatic rings. The Hall–Kier alpha value is -3.73. The molecule has 39 heavy (non-hydrogen) atoms. The van der Waals surface area contributed by atoms with E-state index in [0.29, 0.717) is 18.7 Å². The van der Waals surface area contributed by atoms with Crippen LogP contribution < -0.4 is 4.90 Å². The second-order valence-electron chi connectivity index (χ2n) is 9.32. The van der Waals surface area contributed by atoms with Crippen LogP contribution in [0.4, 0.5) is 18.9 Å². The van der Waals surface area contributed by atoms with Gasteiger partial charge in [-0.05, 0) is 41.7 Å². The first-order chi connectivity index (χ1) is 18.8. The van der Waals surface area contributed by atoms with Crippen LogP contribution in [0, 0.1) is 0 Å². The van der Waals surface area contributed by atoms with Gasteiger partial charge in [-0.1, -0.05) is 36.4 Å². The fourth-order valence-corrected chi connectivity index (χ4v) is 4.65. The molecule has 1 aliphatic rings. The summed E-state index contributed by atoms with van der Waals surface area (Å²) in [5.74, 6) is -0.0981. The number of methoxy groups -OCH3 is 1. The van der Waals surface area contributed by atoms with Gasteiger partial charge in [-0.3, -0.25) is 4.79 Å². The zero-order valence-corrected chi connectivity index (χ0v) is 21.7. The summed E-state index contributed by atoms with van der Waals surface area (Å²) < 4.78 is 46.0. The number of halogens is 3. The van der Waals surface area contributed by atoms with Gasteiger partial charge >= 0.3 is 12.1 Å². The summed E-state index contributed by atoms with van der Waals surface area (Å²) in [7, 11) is 2.85. The molecule has 4 rings (SSSR count). The van der Waals surface area contributed by atoms with Crippen molar-refractivity contribution in [3.8, 4) is 0 Å². The molecule has 0 atom stereocenters. The third-order valence-corrected chi connectivity index (χ3v) is 6.78. The van der Waals surface area contributed by atoms with Crippen molar-refractivity contribution in [3.05, 3.63) is 88.5 Å². The monoisotopic (exact) mass is 537 g/mol. The van der Waals surface area contributed by atoms with Gasteiger partial charge in [0.25, 0.3) is 7.41 Å². The Labute approximate surface area is 226 Å². The lowest BCUT2D eigenvalue weighted by atomic mass is 9.93. The minimum Gasteiger partial charge on any atom is -0.469 e. The van der Waals surface area contributed by atoms with Crippen molar-refractivity contribution < 1.29 is 27.5 Å². The van der Waals surface area contributed by atoms with Crippen LogP contribution in [0.2, 0.25) is 0 Å². The van der Waals surface area contributed by atoms with Gasteiger partial charge in [0, 0.05) is 44.5 Å². The van der Waals surface area contributed by atoms with Gasteiger partial charge in [0.05, 0.1) is 31.0 Å². The number of aromatic nitrogens is 2. The van der Waals surface area contributed by atoms with E-state index in [1.54, 1.807) is 31.7 Å². The molecule has 0 unspecified atom stereocenters. The van der Waals surface area contributed by atoms with E-state index in [4.69, 9.17) is 4.74 Å². The number of nitrogens with zero attached hydrogens (tertiary/aromatic N) is 4. The third-order valence-electron chi connectivity index (χ3n) is 6.78. The Balaban J connectivity index is 1.46. The standard InChI is InChI=1S/C28H29BF3N4O3/c1-39-27(38)17-22-5-3-2-4-21(22)8-11-25-24(28(30,31)32)18-33-26(34-25)16-20-6-9-23(10-7-20)35-12-14-36(15-13-35)29-19-37/h2-7,9-10,18-19H,8,11-17H2,1H3. The van der Waals surface area contributed by atoms with Crippen molar-refractivity contribution in [2.45, 2.75) is 31.9 Å². The summed E-state index contributed by atoms with van der Waals surface area (Å²) in [6.45, 7) is 3.10. The lowest BCUT2D eigenvalue weighted by Gasteiger charge is -2.35. The molecule has 1 radical (unpaired) electrons. The van der Waals surface area contributed by atoms with Crippen LogP contribution in [0.3, 0.4) is 0 Å². The molecule has 0 amide bonds. The molecule has 0 bridgehead atoms. The summed E-state index contributed by atoms with van der Waals surface area (Å²) in [4.78, 5) is 35.0. The average Bonchev–Trinajstić information content (AvgIpc) is 2.93. The first-order valence-electron chi connectivity index (χ1n) is 12.7. The minimum atomic E-state index is -4.57. The Bertz CT molecular complexity index is 1280. The van der Waals surface area contributed by atoms with E-state index in [9.17, 15) is 22.8 Å². The number of benzene rings is 2. The topological polar surface area (TPSA) is 75.6 Å². The van der Waals surface area contributed by atoms with Crippen molar-refractivity contribution in [2.24, 2.45) is 0 Å². The quantitative estimate of drug-likeness (QED) is 0.223. The molecule has 0 spiro atoms. The predicted molar refractivity (Wildman–Crippen MR) is 142 cm³/mol. The summed E-state index contributed by atoms with van der Waals surface area (Å²) in [6, 6.07) is 15.0. The molecular weight excluding hydrogens is 508 g/mol. The van der Waals surface area contributed by atoms with Crippen LogP contribution in [-0.4, -0.2) is 67.6 Å². The Kier molecular flexibility index (Phi) is 9.34. The minimum absolute atomic E-state index is 0.0506. The summed E-state index contributed by atoms with van der Waals surface area (Å²) >= 11 is 0. The van der Waals surface area contributed by atoms with Gasteiger partial charge < -0.3 is 19.2 Å². The number of esters is 1. The third kappa shape index (κ3) is 7.66. The fraction of sp³-hybridized carbons (Fsp3) is 0.357. The molecule has 1 fully saturated rings. The van der Waals surface area contributed by atoms with Crippen LogP contribution in [0.5, 0.6) is 0 Å². The number of piperazine rings is 1. The Morgan fingerprint density at radius 2 is 1.72 bits per heavy atom. The van der Waals surface area contributed by atoms with E-state index in [0.717, 1.165) is 60.9 Å². The lowest BCUT2D eigenvalue weighted by molar-refractivity contribution is -0.140. The first-order valence-corrected chi connectivity index (χ1v) is 12.7. The van der Waals surface area contributed by atoms with Gasteiger partial charge in [0.15, 0.2) is 0 Å². The number of carbonyl (C=O) groups is 2. The molecule has 2 heterocycles. The van der Waals surface area contributed by atoms with Crippen molar-refractivity contribution in [3.63, 3.8) is 0 Å². The molecule has 2 aromatic carbocycles. The molecule has 0 N–H and O–H groups in total. The van der Waals surface area contributed by atoms with Crippen LogP contribution in [-0.2, 0) is 46.2 Å². The highest BCUT2D eigenvalue weighted by molar-refractivity contribution is 6.64. The number of aryl methyl sites for hydroxylation is 2. The number of hydrogen-bond donors (Lipinski definition) is 0. The van der Waals surface area contributed by atoms with Crippen molar-refractivity contribution >= 4 is 25.3 Å². The number of carbonyl (C=O) groups excluding carboxylic acids is 2. The molecule has 1 aromatic heterocycles. The highest BCUT2D eigenvalue weighted by Gasteiger charge is 2.34. The van der Waals surface area contributed by atoms with Gasteiger partial charge in [-0.2, -0.15) is 13.2 Å². The van der Waals surface area contributed by atoms with Crippen LogP contribution in [0.1, 0.15) is 33.8 Å². The highest BCUT2D eigenvalue weighted by atomic mass is 19.4. The average molecular weight is 537 g/mol. The molecule has 0 aliphatic carbocycles. The van der Waals surface area contributed by atoms with E-state index in [1.165, 1.54) is 7.11 Å². The zero-order chi connectivity index (χ0) is 27.8. The molecule has 203 valence electrons. The van der Waals surface area contributed by atoms with Crippen LogP contribution in [0.15, 0.2) is 54.7 Å². The Morgan fingerprint density at radius 3 is 2.36 bits per heavy atom. The normalized spacial score (nSPS) is 14.2. The van der Waals surface area contributed by atoms with Gasteiger partial charge in [0.1, 0.15) is 5.82 Å². The SMILES string of the molecule is COC(=O)Cc1ccccc1CCc1nc(Cc2ccc(N3CCN([B]C=O)CC3)cc2)ncc1C(F)(F)F. The number of alkyl halides is 3. The second kappa shape index (κ2) is 12.9. The van der Waals surface area contributed by atoms with Gasteiger partial charge in [-0.25, -0.2) is 9.97 Å². The molecule has 0 saturated carbocycles. The maximum Gasteiger partial charge on any atom is 0.419 e. The molecule has 1 aliphatic heterocycles. The van der Waals surface area contributed by atoms with Gasteiger partial charge in [-0.15, -0.1) is 0 Å². The van der Waals surface area contributed by atoms with Crippen molar-refractivity contribution in [1.82, 2.24) is 14.8 Å². The molecule has 7 nitrogen and oxygen atoms in total. The summed E-state index contributed by atoms with van der Waals surface area (Å²) in [5, 5.41) is 0. The van der Waals surface area contributed by atoms with Crippen molar-refractivity contribution in [1.29, 1.82) is 0 Å². The van der Waals surface area contributed by atoms with Crippen LogP contribution >= 0.6 is 0 Å². The van der Waals surface area contributed by atoms with Gasteiger partial charge in [0.2, 0.25) is 0 Å². The van der Waals surface area contributed by atoms with Crippen molar-refractivity contribution in [2.75, 3.05) is 38.2 Å². The van der Waals surface area contributed by atoms with Crippen LogP contribution in [0.25, 0.3) is 0 Å². The highest BCUT2D eigenvalue weighted by Crippen LogP contribution is 2.32. The summed E-state index contributed by atoms with van der Waals surface area (Å²) in [6.07, 6.45) is -2.22. The molecule has 11 heteroatoms. The van der Waals surface area contributed by atoms with E-state index in [-0.39, 0.29) is 18.5 Å². The Morgan fingerprint density at radius 1 is 1.03 bits per heavy atom. The largest absolute Gasteiger partial charge is 0.469 e. The fourth-order valence-electron chi connectivity index (χ4n) is 4.65. The zero-order valence-electron chi connectivity index (χ0n) is 21.7. The van der Waals surface area contributed by atoms with E-state index < -0.39 is 17.7 Å². The number of ether oxygens (including phenoxy) is 1. The van der Waals surface area contributed by atoms with E-state index >= 15 is 0 Å². The first kappa shape index (κ1) is 28.3. The van der Waals surface area contributed by atoms with E-state index in [1.807, 2.05) is 29.1 Å². The predicted octanol–water partition coefficient (Wildman–Crippen LogP) is 3.52. The number of anilines is 1. The van der Waals surface area contributed by atoms with E-state index in [2.05, 4.69) is 14.9 Å². The molecular formula is C28H29BF3N4O3. The number of rotatable bonds is 10. The smallest absolute Gasteiger partial charge is 0.419 e. The summed E-state index contributed by atoms with van der Waals surface area (Å²) in [5.41, 5.74) is 2.51. The maximum atomic E-state index is 13.8. The maximum absolute atomic E-state index is 13.8. The lowest BCUT2D eigenvalue weighted by Crippen LogP contribution is -2.48. The number of hydrogen-bond acceptors (Lipinski definition) is 7. The molecule has 1 saturated heterocycles. The second-order valence-corrected chi connectivity index (χ2v) is 9.32.